The molecular formula is C8H9BrOS. The Morgan fingerprint density at radius 2 is 2.18 bits per heavy atom. The average molecular weight is 233 g/mol. The maximum Gasteiger partial charge on any atom is 0.151 e. The molecule has 0 unspecified atom stereocenters. The molecule has 0 saturated carbocycles. The largest absolute Gasteiger partial charge is 0.425 e. The van der Waals surface area contributed by atoms with Crippen LogP contribution in [0.3, 0.4) is 0 Å². The van der Waals surface area contributed by atoms with E-state index in [-0.39, 0.29) is 0 Å². The lowest BCUT2D eigenvalue weighted by molar-refractivity contribution is 0.642. The summed E-state index contributed by atoms with van der Waals surface area (Å²) in [5.41, 5.74) is 0. The molecule has 1 aromatic rings. The van der Waals surface area contributed by atoms with E-state index >= 15 is 0 Å². The van der Waals surface area contributed by atoms with Crippen molar-refractivity contribution >= 4 is 28.0 Å². The maximum atomic E-state index is 5.36. The fraction of sp³-hybridized carbons (Fsp3) is 0.250. The minimum absolute atomic E-state index is 0.888. The van der Waals surface area contributed by atoms with Gasteiger partial charge >= 0.3 is 0 Å². The van der Waals surface area contributed by atoms with Gasteiger partial charge in [-0.25, -0.2) is 0 Å². The lowest BCUT2D eigenvalue weighted by Crippen LogP contribution is -1.82. The highest BCUT2D eigenvalue weighted by Crippen LogP contribution is 2.26. The summed E-state index contributed by atoms with van der Waals surface area (Å²) in [6.07, 6.45) is 0. The van der Waals surface area contributed by atoms with Crippen molar-refractivity contribution in [1.82, 2.24) is 0 Å². The zero-order chi connectivity index (χ0) is 8.10. The molecule has 0 atom stereocenters. The van der Waals surface area contributed by atoms with Gasteiger partial charge in [-0.05, 0) is 28.1 Å². The van der Waals surface area contributed by atoms with Crippen LogP contribution in [0.2, 0.25) is 0 Å². The van der Waals surface area contributed by atoms with Crippen LogP contribution < -0.4 is 4.18 Å². The molecule has 0 bridgehead atoms. The quantitative estimate of drug-likeness (QED) is 0.739. The molecule has 11 heavy (non-hydrogen) atoms. The normalized spacial score (nSPS) is 9.64. The molecule has 1 nitrogen and oxygen atoms in total. The highest BCUT2D eigenvalue weighted by Gasteiger charge is 1.97. The summed E-state index contributed by atoms with van der Waals surface area (Å²) in [6.45, 7) is 2.06. The van der Waals surface area contributed by atoms with Crippen LogP contribution in [0, 0.1) is 0 Å². The third kappa shape index (κ3) is 2.75. The molecule has 0 fully saturated rings. The summed E-state index contributed by atoms with van der Waals surface area (Å²) in [4.78, 5) is 0. The van der Waals surface area contributed by atoms with Crippen molar-refractivity contribution in [3.63, 3.8) is 0 Å². The minimum Gasteiger partial charge on any atom is -0.425 e. The Morgan fingerprint density at radius 1 is 1.45 bits per heavy atom. The van der Waals surface area contributed by atoms with Gasteiger partial charge in [-0.2, -0.15) is 0 Å². The van der Waals surface area contributed by atoms with Gasteiger partial charge < -0.3 is 4.18 Å². The van der Waals surface area contributed by atoms with Crippen molar-refractivity contribution in [3.8, 4) is 5.75 Å². The molecule has 0 aromatic heterocycles. The zero-order valence-corrected chi connectivity index (χ0v) is 8.61. The first-order chi connectivity index (χ1) is 5.34. The highest BCUT2D eigenvalue weighted by molar-refractivity contribution is 9.10. The van der Waals surface area contributed by atoms with Gasteiger partial charge in [0, 0.05) is 5.75 Å². The van der Waals surface area contributed by atoms with Crippen LogP contribution in [0.15, 0.2) is 28.7 Å². The molecule has 0 radical (unpaired) electrons. The van der Waals surface area contributed by atoms with Crippen LogP contribution in [-0.2, 0) is 0 Å². The predicted molar refractivity (Wildman–Crippen MR) is 52.9 cm³/mol. The highest BCUT2D eigenvalue weighted by atomic mass is 79.9. The number of halogens is 1. The monoisotopic (exact) mass is 232 g/mol. The zero-order valence-electron chi connectivity index (χ0n) is 6.21. The van der Waals surface area contributed by atoms with Gasteiger partial charge in [0.2, 0.25) is 0 Å². The van der Waals surface area contributed by atoms with Crippen molar-refractivity contribution < 1.29 is 4.18 Å². The lowest BCUT2D eigenvalue weighted by Gasteiger charge is -2.02. The minimum atomic E-state index is 0.888. The molecule has 0 aliphatic rings. The van der Waals surface area contributed by atoms with Gasteiger partial charge in [0.15, 0.2) is 5.75 Å². The van der Waals surface area contributed by atoms with Crippen molar-refractivity contribution in [2.24, 2.45) is 0 Å². The summed E-state index contributed by atoms with van der Waals surface area (Å²) in [5.74, 6) is 1.85. The first-order valence-corrected chi connectivity index (χ1v) is 5.09. The van der Waals surface area contributed by atoms with Crippen molar-refractivity contribution in [1.29, 1.82) is 0 Å². The molecule has 0 N–H and O–H groups in total. The molecule has 0 aliphatic heterocycles. The van der Waals surface area contributed by atoms with E-state index in [0.717, 1.165) is 16.0 Å². The van der Waals surface area contributed by atoms with Crippen LogP contribution in [0.1, 0.15) is 6.92 Å². The van der Waals surface area contributed by atoms with Crippen molar-refractivity contribution in [3.05, 3.63) is 28.7 Å². The SMILES string of the molecule is CCSOc1ccccc1Br. The topological polar surface area (TPSA) is 9.23 Å². The number of hydrogen-bond acceptors (Lipinski definition) is 2. The average Bonchev–Trinajstić information content (AvgIpc) is 2.03. The number of benzene rings is 1. The van der Waals surface area contributed by atoms with E-state index in [1.807, 2.05) is 24.3 Å². The summed E-state index contributed by atoms with van der Waals surface area (Å²) < 4.78 is 6.36. The van der Waals surface area contributed by atoms with Gasteiger partial charge in [-0.3, -0.25) is 0 Å². The first kappa shape index (κ1) is 8.94. The van der Waals surface area contributed by atoms with Crippen LogP contribution in [0.4, 0.5) is 0 Å². The van der Waals surface area contributed by atoms with Crippen LogP contribution in [0.25, 0.3) is 0 Å². The predicted octanol–water partition coefficient (Wildman–Crippen LogP) is 3.50. The molecular weight excluding hydrogens is 224 g/mol. The first-order valence-electron chi connectivity index (χ1n) is 3.38. The lowest BCUT2D eigenvalue weighted by atomic mass is 10.3. The van der Waals surface area contributed by atoms with E-state index in [0.29, 0.717) is 0 Å². The van der Waals surface area contributed by atoms with Crippen LogP contribution in [-0.4, -0.2) is 5.75 Å². The molecule has 1 rings (SSSR count). The number of rotatable bonds is 3. The third-order valence-corrected chi connectivity index (χ3v) is 2.29. The molecule has 0 aliphatic carbocycles. The molecule has 1 aromatic carbocycles. The standard InChI is InChI=1S/C8H9BrOS/c1-2-11-10-8-6-4-3-5-7(8)9/h3-6H,2H2,1H3. The Labute approximate surface area is 79.5 Å². The Bertz CT molecular complexity index is 227. The summed E-state index contributed by atoms with van der Waals surface area (Å²) in [7, 11) is 0. The van der Waals surface area contributed by atoms with Gasteiger partial charge in [0.25, 0.3) is 0 Å². The van der Waals surface area contributed by atoms with Gasteiger partial charge in [-0.15, -0.1) is 0 Å². The smallest absolute Gasteiger partial charge is 0.151 e. The Kier molecular flexibility index (Phi) is 3.80. The molecule has 0 spiro atoms. The van der Waals surface area contributed by atoms with Crippen molar-refractivity contribution in [2.45, 2.75) is 6.92 Å². The van der Waals surface area contributed by atoms with Crippen LogP contribution in [0.5, 0.6) is 5.75 Å². The molecule has 3 heteroatoms. The van der Waals surface area contributed by atoms with E-state index in [9.17, 15) is 0 Å². The van der Waals surface area contributed by atoms with E-state index in [1.165, 1.54) is 12.0 Å². The van der Waals surface area contributed by atoms with E-state index < -0.39 is 0 Å². The molecule has 0 saturated heterocycles. The van der Waals surface area contributed by atoms with E-state index in [2.05, 4.69) is 22.9 Å². The second-order valence-electron chi connectivity index (χ2n) is 1.92. The fourth-order valence-electron chi connectivity index (χ4n) is 0.635. The summed E-state index contributed by atoms with van der Waals surface area (Å²) in [6, 6.07) is 7.82. The van der Waals surface area contributed by atoms with Gasteiger partial charge in [0.05, 0.1) is 16.5 Å². The Balaban J connectivity index is 2.62. The Morgan fingerprint density at radius 3 is 2.82 bits per heavy atom. The Hall–Kier alpha value is -0.150. The maximum absolute atomic E-state index is 5.36. The van der Waals surface area contributed by atoms with E-state index in [4.69, 9.17) is 4.18 Å². The summed E-state index contributed by atoms with van der Waals surface area (Å²) >= 11 is 4.83. The second-order valence-corrected chi connectivity index (χ2v) is 3.75. The van der Waals surface area contributed by atoms with Crippen molar-refractivity contribution in [2.75, 3.05) is 5.75 Å². The van der Waals surface area contributed by atoms with Gasteiger partial charge in [0.1, 0.15) is 0 Å². The number of hydrogen-bond donors (Lipinski definition) is 0. The molecule has 60 valence electrons. The molecule has 0 amide bonds. The van der Waals surface area contributed by atoms with Gasteiger partial charge in [-0.1, -0.05) is 19.1 Å². The van der Waals surface area contributed by atoms with E-state index in [1.54, 1.807) is 0 Å². The molecule has 0 heterocycles. The fourth-order valence-corrected chi connectivity index (χ4v) is 1.50. The number of para-hydroxylation sites is 1. The summed E-state index contributed by atoms with van der Waals surface area (Å²) in [5, 5.41) is 0. The third-order valence-electron chi connectivity index (χ3n) is 1.10. The second kappa shape index (κ2) is 4.67. The van der Waals surface area contributed by atoms with Crippen LogP contribution >= 0.6 is 28.0 Å².